The fourth-order valence-electron chi connectivity index (χ4n) is 4.53. The summed E-state index contributed by atoms with van der Waals surface area (Å²) in [5.74, 6) is 0.964. The van der Waals surface area contributed by atoms with Gasteiger partial charge in [-0.3, -0.25) is 9.88 Å². The molecule has 0 fully saturated rings. The zero-order valence-electron chi connectivity index (χ0n) is 16.6. The van der Waals surface area contributed by atoms with Crippen molar-refractivity contribution in [2.45, 2.75) is 25.9 Å². The van der Waals surface area contributed by atoms with Crippen LogP contribution < -0.4 is 4.74 Å². The largest absolute Gasteiger partial charge is 0.494 e. The number of benzene rings is 2. The number of para-hydroxylation sites is 2. The van der Waals surface area contributed by atoms with Crippen LogP contribution in [0.4, 0.5) is 0 Å². The minimum absolute atomic E-state index is 0.127. The van der Waals surface area contributed by atoms with Crippen molar-refractivity contribution in [3.05, 3.63) is 95.4 Å². The third-order valence-corrected chi connectivity index (χ3v) is 5.78. The summed E-state index contributed by atoms with van der Waals surface area (Å²) in [7, 11) is 0. The number of fused-ring (bicyclic) bond motifs is 3. The maximum absolute atomic E-state index is 6.03. The van der Waals surface area contributed by atoms with E-state index in [1.54, 1.807) is 0 Å². The molecule has 5 rings (SSSR count). The predicted molar refractivity (Wildman–Crippen MR) is 116 cm³/mol. The number of hydrogen-bond acceptors (Lipinski definition) is 3. The Labute approximate surface area is 171 Å². The Balaban J connectivity index is 1.65. The number of pyridine rings is 1. The third-order valence-electron chi connectivity index (χ3n) is 5.78. The zero-order chi connectivity index (χ0) is 19.6. The van der Waals surface area contributed by atoms with Crippen LogP contribution in [-0.4, -0.2) is 28.0 Å². The fourth-order valence-corrected chi connectivity index (χ4v) is 4.53. The number of ether oxygens (including phenoxy) is 1. The van der Waals surface area contributed by atoms with Crippen molar-refractivity contribution < 1.29 is 4.74 Å². The van der Waals surface area contributed by atoms with Gasteiger partial charge >= 0.3 is 0 Å². The van der Waals surface area contributed by atoms with Gasteiger partial charge in [0.1, 0.15) is 5.75 Å². The van der Waals surface area contributed by atoms with Crippen molar-refractivity contribution in [2.75, 3.05) is 13.2 Å². The molecule has 1 aliphatic heterocycles. The van der Waals surface area contributed by atoms with Gasteiger partial charge in [0.05, 0.1) is 12.6 Å². The Kier molecular flexibility index (Phi) is 4.78. The molecule has 2 aromatic heterocycles. The quantitative estimate of drug-likeness (QED) is 0.521. The molecule has 3 heterocycles. The first kappa shape index (κ1) is 18.0. The lowest BCUT2D eigenvalue weighted by molar-refractivity contribution is 0.197. The molecular weight excluding hydrogens is 358 g/mol. The first-order valence-electron chi connectivity index (χ1n) is 10.3. The molecule has 1 atom stereocenters. The van der Waals surface area contributed by atoms with Gasteiger partial charge in [-0.15, -0.1) is 0 Å². The van der Waals surface area contributed by atoms with Gasteiger partial charge in [0.15, 0.2) is 0 Å². The smallest absolute Gasteiger partial charge is 0.124 e. The van der Waals surface area contributed by atoms with Crippen LogP contribution in [0.25, 0.3) is 10.9 Å². The van der Waals surface area contributed by atoms with Gasteiger partial charge in [0, 0.05) is 47.6 Å². The van der Waals surface area contributed by atoms with Crippen molar-refractivity contribution in [3.63, 3.8) is 0 Å². The molecule has 0 saturated carbocycles. The second kappa shape index (κ2) is 7.72. The van der Waals surface area contributed by atoms with E-state index >= 15 is 0 Å². The van der Waals surface area contributed by atoms with E-state index < -0.39 is 0 Å². The standard InChI is InChI=1S/C25H25N3O/c1-2-29-23-10-6-4-8-21(23)25-24-20(19-7-3-5-9-22(19)27-24)13-16-28(25)17-18-11-14-26-15-12-18/h3-12,14-15,25,27H,2,13,16-17H2,1H3/t25-/m0/s1. The Morgan fingerprint density at radius 2 is 1.83 bits per heavy atom. The molecule has 1 N–H and O–H groups in total. The number of nitrogens with one attached hydrogen (secondary N) is 1. The summed E-state index contributed by atoms with van der Waals surface area (Å²) in [6.45, 7) is 4.58. The van der Waals surface area contributed by atoms with E-state index in [-0.39, 0.29) is 6.04 Å². The van der Waals surface area contributed by atoms with E-state index in [0.717, 1.165) is 25.3 Å². The van der Waals surface area contributed by atoms with Gasteiger partial charge in [-0.25, -0.2) is 0 Å². The van der Waals surface area contributed by atoms with Crippen molar-refractivity contribution in [3.8, 4) is 5.75 Å². The fraction of sp³-hybridized carbons (Fsp3) is 0.240. The van der Waals surface area contributed by atoms with Crippen LogP contribution in [0, 0.1) is 0 Å². The first-order chi connectivity index (χ1) is 14.3. The van der Waals surface area contributed by atoms with Crippen molar-refractivity contribution >= 4 is 10.9 Å². The second-order valence-electron chi connectivity index (χ2n) is 7.51. The van der Waals surface area contributed by atoms with Crippen LogP contribution in [0.5, 0.6) is 5.75 Å². The molecule has 0 spiro atoms. The molecule has 0 amide bonds. The van der Waals surface area contributed by atoms with E-state index in [9.17, 15) is 0 Å². The molecule has 0 bridgehead atoms. The molecule has 0 aliphatic carbocycles. The molecular formula is C25H25N3O. The number of nitrogens with zero attached hydrogens (tertiary/aromatic N) is 2. The average molecular weight is 383 g/mol. The number of aromatic nitrogens is 2. The highest BCUT2D eigenvalue weighted by Gasteiger charge is 2.33. The lowest BCUT2D eigenvalue weighted by atomic mass is 9.91. The van der Waals surface area contributed by atoms with Crippen molar-refractivity contribution in [1.82, 2.24) is 14.9 Å². The summed E-state index contributed by atoms with van der Waals surface area (Å²) in [6.07, 6.45) is 4.78. The summed E-state index contributed by atoms with van der Waals surface area (Å²) < 4.78 is 6.03. The van der Waals surface area contributed by atoms with E-state index in [0.29, 0.717) is 6.61 Å². The average Bonchev–Trinajstić information content (AvgIpc) is 3.14. The third kappa shape index (κ3) is 3.30. The maximum Gasteiger partial charge on any atom is 0.124 e. The molecule has 29 heavy (non-hydrogen) atoms. The normalized spacial score (nSPS) is 16.7. The number of H-pyrrole nitrogens is 1. The van der Waals surface area contributed by atoms with Crippen LogP contribution >= 0.6 is 0 Å². The zero-order valence-corrected chi connectivity index (χ0v) is 16.6. The Bertz CT molecular complexity index is 1120. The van der Waals surface area contributed by atoms with Gasteiger partial charge in [-0.2, -0.15) is 0 Å². The Morgan fingerprint density at radius 3 is 2.69 bits per heavy atom. The lowest BCUT2D eigenvalue weighted by Gasteiger charge is -2.37. The molecule has 4 nitrogen and oxygen atoms in total. The first-order valence-corrected chi connectivity index (χ1v) is 10.3. The van der Waals surface area contributed by atoms with Crippen molar-refractivity contribution in [1.29, 1.82) is 0 Å². The highest BCUT2D eigenvalue weighted by molar-refractivity contribution is 5.85. The van der Waals surface area contributed by atoms with Gasteiger partial charge in [-0.05, 0) is 48.7 Å². The van der Waals surface area contributed by atoms with Gasteiger partial charge in [0.25, 0.3) is 0 Å². The summed E-state index contributed by atoms with van der Waals surface area (Å²) >= 11 is 0. The molecule has 0 saturated heterocycles. The molecule has 4 heteroatoms. The molecule has 0 radical (unpaired) electrons. The van der Waals surface area contributed by atoms with Crippen LogP contribution in [0.2, 0.25) is 0 Å². The van der Waals surface area contributed by atoms with E-state index in [2.05, 4.69) is 75.5 Å². The van der Waals surface area contributed by atoms with Gasteiger partial charge < -0.3 is 9.72 Å². The van der Waals surface area contributed by atoms with Crippen molar-refractivity contribution in [2.24, 2.45) is 0 Å². The molecule has 146 valence electrons. The highest BCUT2D eigenvalue weighted by atomic mass is 16.5. The molecule has 1 aliphatic rings. The Morgan fingerprint density at radius 1 is 1.03 bits per heavy atom. The highest BCUT2D eigenvalue weighted by Crippen LogP contribution is 2.41. The molecule has 2 aromatic carbocycles. The number of hydrogen-bond donors (Lipinski definition) is 1. The second-order valence-corrected chi connectivity index (χ2v) is 7.51. The maximum atomic E-state index is 6.03. The monoisotopic (exact) mass is 383 g/mol. The predicted octanol–water partition coefficient (Wildman–Crippen LogP) is 5.11. The van der Waals surface area contributed by atoms with Gasteiger partial charge in [0.2, 0.25) is 0 Å². The lowest BCUT2D eigenvalue weighted by Crippen LogP contribution is -2.35. The van der Waals surface area contributed by atoms with Crippen LogP contribution in [-0.2, 0) is 13.0 Å². The van der Waals surface area contributed by atoms with Crippen LogP contribution in [0.15, 0.2) is 73.1 Å². The van der Waals surface area contributed by atoms with E-state index in [4.69, 9.17) is 4.74 Å². The van der Waals surface area contributed by atoms with Crippen LogP contribution in [0.1, 0.15) is 35.3 Å². The summed E-state index contributed by atoms with van der Waals surface area (Å²) in [5, 5.41) is 1.34. The van der Waals surface area contributed by atoms with Crippen LogP contribution in [0.3, 0.4) is 0 Å². The van der Waals surface area contributed by atoms with E-state index in [1.807, 2.05) is 19.3 Å². The number of rotatable bonds is 5. The summed E-state index contributed by atoms with van der Waals surface area (Å²) in [6, 6.07) is 21.4. The van der Waals surface area contributed by atoms with Gasteiger partial charge in [-0.1, -0.05) is 36.4 Å². The Hall–Kier alpha value is -3.11. The minimum Gasteiger partial charge on any atom is -0.494 e. The SMILES string of the molecule is CCOc1ccccc1[C@H]1c2[nH]c3ccccc3c2CCN1Cc1ccncc1. The van der Waals surface area contributed by atoms with E-state index in [1.165, 1.54) is 33.3 Å². The topological polar surface area (TPSA) is 41.1 Å². The molecule has 4 aromatic rings. The molecule has 0 unspecified atom stereocenters. The number of aromatic amines is 1. The summed E-state index contributed by atoms with van der Waals surface area (Å²) in [5.41, 5.74) is 6.43. The summed E-state index contributed by atoms with van der Waals surface area (Å²) in [4.78, 5) is 10.5. The minimum atomic E-state index is 0.127.